The van der Waals surface area contributed by atoms with Crippen LogP contribution in [0.15, 0.2) is 41.4 Å². The Hall–Kier alpha value is -2.60. The molecule has 0 saturated carbocycles. The number of aliphatic imine (C=N–C) groups is 1. The molecule has 146 valence electrons. The number of nitrogens with zero attached hydrogens (tertiary/aromatic N) is 1. The SMILES string of the molecule is CCc1cccc(C)c1N=C1NC(=O)[C@@H](CC(=O)Nc2c(C)cccc2C)S1. The standard InChI is InChI=1S/C22H25N3O2S/c1-5-16-11-7-10-15(4)20(16)24-22-25-21(27)17(28-22)12-18(26)23-19-13(2)8-6-9-14(19)3/h6-11,17H,5,12H2,1-4H3,(H,23,26)(H,24,25,27)/t17-/m1/s1. The van der Waals surface area contributed by atoms with Gasteiger partial charge in [-0.2, -0.15) is 0 Å². The molecule has 2 aromatic carbocycles. The summed E-state index contributed by atoms with van der Waals surface area (Å²) in [5.74, 6) is -0.344. The van der Waals surface area contributed by atoms with Gasteiger partial charge in [0.15, 0.2) is 5.17 Å². The minimum atomic E-state index is -0.475. The van der Waals surface area contributed by atoms with E-state index >= 15 is 0 Å². The number of anilines is 1. The number of benzene rings is 2. The van der Waals surface area contributed by atoms with Crippen molar-refractivity contribution in [2.24, 2.45) is 4.99 Å². The summed E-state index contributed by atoms with van der Waals surface area (Å²) in [6, 6.07) is 11.9. The van der Waals surface area contributed by atoms with Crippen molar-refractivity contribution in [2.45, 2.75) is 45.8 Å². The van der Waals surface area contributed by atoms with Crippen LogP contribution in [0.3, 0.4) is 0 Å². The number of para-hydroxylation sites is 2. The summed E-state index contributed by atoms with van der Waals surface area (Å²) in [6.45, 7) is 8.00. The van der Waals surface area contributed by atoms with Gasteiger partial charge in [0.2, 0.25) is 11.8 Å². The molecule has 0 bridgehead atoms. The van der Waals surface area contributed by atoms with Crippen LogP contribution < -0.4 is 10.6 Å². The highest BCUT2D eigenvalue weighted by atomic mass is 32.2. The maximum atomic E-state index is 12.5. The molecule has 1 fully saturated rings. The van der Waals surface area contributed by atoms with Crippen LogP contribution in [-0.4, -0.2) is 22.2 Å². The first-order chi connectivity index (χ1) is 13.4. The van der Waals surface area contributed by atoms with Crippen LogP contribution in [-0.2, 0) is 16.0 Å². The van der Waals surface area contributed by atoms with Crippen molar-refractivity contribution in [1.82, 2.24) is 5.32 Å². The van der Waals surface area contributed by atoms with E-state index < -0.39 is 5.25 Å². The number of hydrogen-bond donors (Lipinski definition) is 2. The van der Waals surface area contributed by atoms with E-state index in [9.17, 15) is 9.59 Å². The van der Waals surface area contributed by atoms with E-state index in [0.29, 0.717) is 5.17 Å². The Labute approximate surface area is 170 Å². The van der Waals surface area contributed by atoms with Crippen LogP contribution in [0.4, 0.5) is 11.4 Å². The fourth-order valence-corrected chi connectivity index (χ4v) is 4.20. The van der Waals surface area contributed by atoms with Gasteiger partial charge >= 0.3 is 0 Å². The highest BCUT2D eigenvalue weighted by molar-refractivity contribution is 8.15. The molecule has 1 heterocycles. The molecule has 2 amide bonds. The number of thioether (sulfide) groups is 1. The molecule has 3 rings (SSSR count). The molecule has 0 spiro atoms. The van der Waals surface area contributed by atoms with Crippen LogP contribution in [0.2, 0.25) is 0 Å². The first-order valence-corrected chi connectivity index (χ1v) is 10.3. The number of aryl methyl sites for hydroxylation is 4. The maximum absolute atomic E-state index is 12.5. The molecule has 5 nitrogen and oxygen atoms in total. The number of carbonyl (C=O) groups is 2. The lowest BCUT2D eigenvalue weighted by atomic mass is 10.1. The maximum Gasteiger partial charge on any atom is 0.240 e. The second-order valence-corrected chi connectivity index (χ2v) is 8.16. The third kappa shape index (κ3) is 4.44. The summed E-state index contributed by atoms with van der Waals surface area (Å²) >= 11 is 1.32. The summed E-state index contributed by atoms with van der Waals surface area (Å²) in [7, 11) is 0. The van der Waals surface area contributed by atoms with Gasteiger partial charge in [0, 0.05) is 12.1 Å². The molecule has 1 atom stereocenters. The van der Waals surface area contributed by atoms with E-state index in [2.05, 4.69) is 22.5 Å². The van der Waals surface area contributed by atoms with Crippen molar-refractivity contribution in [3.63, 3.8) is 0 Å². The highest BCUT2D eigenvalue weighted by Gasteiger charge is 2.32. The van der Waals surface area contributed by atoms with Gasteiger partial charge in [0.1, 0.15) is 5.25 Å². The summed E-state index contributed by atoms with van der Waals surface area (Å²) in [6.07, 6.45) is 0.978. The van der Waals surface area contributed by atoms with Crippen molar-refractivity contribution in [3.05, 3.63) is 58.7 Å². The summed E-state index contributed by atoms with van der Waals surface area (Å²) in [5, 5.41) is 5.84. The lowest BCUT2D eigenvalue weighted by Crippen LogP contribution is -2.28. The highest BCUT2D eigenvalue weighted by Crippen LogP contribution is 2.30. The van der Waals surface area contributed by atoms with Crippen molar-refractivity contribution in [3.8, 4) is 0 Å². The number of hydrogen-bond acceptors (Lipinski definition) is 4. The minimum absolute atomic E-state index is 0.109. The Balaban J connectivity index is 1.71. The first kappa shape index (κ1) is 20.1. The third-order valence-corrected chi connectivity index (χ3v) is 5.89. The summed E-state index contributed by atoms with van der Waals surface area (Å²) in [4.78, 5) is 29.5. The van der Waals surface area contributed by atoms with Gasteiger partial charge in [-0.05, 0) is 49.4 Å². The number of carbonyl (C=O) groups excluding carboxylic acids is 2. The lowest BCUT2D eigenvalue weighted by Gasteiger charge is -2.12. The molecule has 6 heteroatoms. The van der Waals surface area contributed by atoms with Gasteiger partial charge in [-0.15, -0.1) is 0 Å². The topological polar surface area (TPSA) is 70.6 Å². The van der Waals surface area contributed by atoms with Crippen molar-refractivity contribution in [2.75, 3.05) is 5.32 Å². The average molecular weight is 396 g/mol. The molecule has 0 aliphatic carbocycles. The second kappa shape index (κ2) is 8.61. The molecule has 0 aromatic heterocycles. The smallest absolute Gasteiger partial charge is 0.240 e. The minimum Gasteiger partial charge on any atom is -0.326 e. The van der Waals surface area contributed by atoms with Crippen molar-refractivity contribution >= 4 is 40.1 Å². The monoisotopic (exact) mass is 395 g/mol. The van der Waals surface area contributed by atoms with E-state index in [1.165, 1.54) is 11.8 Å². The Morgan fingerprint density at radius 1 is 1.11 bits per heavy atom. The number of amides is 2. The van der Waals surface area contributed by atoms with Crippen molar-refractivity contribution < 1.29 is 9.59 Å². The zero-order valence-electron chi connectivity index (χ0n) is 16.6. The number of amidine groups is 1. The van der Waals surface area contributed by atoms with Crippen molar-refractivity contribution in [1.29, 1.82) is 0 Å². The molecule has 2 N–H and O–H groups in total. The van der Waals surface area contributed by atoms with E-state index in [0.717, 1.165) is 40.0 Å². The Morgan fingerprint density at radius 3 is 2.43 bits per heavy atom. The van der Waals surface area contributed by atoms with Gasteiger partial charge in [-0.1, -0.05) is 55.1 Å². The van der Waals surface area contributed by atoms with Gasteiger partial charge in [-0.3, -0.25) is 9.59 Å². The van der Waals surface area contributed by atoms with Crippen LogP contribution >= 0.6 is 11.8 Å². The van der Waals surface area contributed by atoms with Crippen LogP contribution in [0, 0.1) is 20.8 Å². The molecular weight excluding hydrogens is 370 g/mol. The Bertz CT molecular complexity index is 933. The van der Waals surface area contributed by atoms with Crippen LogP contribution in [0.5, 0.6) is 0 Å². The predicted molar refractivity (Wildman–Crippen MR) is 116 cm³/mol. The zero-order chi connectivity index (χ0) is 20.3. The third-order valence-electron chi connectivity index (χ3n) is 4.81. The molecule has 28 heavy (non-hydrogen) atoms. The van der Waals surface area contributed by atoms with E-state index in [1.54, 1.807) is 0 Å². The van der Waals surface area contributed by atoms with E-state index in [-0.39, 0.29) is 18.2 Å². The van der Waals surface area contributed by atoms with E-state index in [1.807, 2.05) is 57.2 Å². The first-order valence-electron chi connectivity index (χ1n) is 9.39. The number of rotatable bonds is 5. The van der Waals surface area contributed by atoms with E-state index in [4.69, 9.17) is 0 Å². The van der Waals surface area contributed by atoms with Gasteiger partial charge in [0.25, 0.3) is 0 Å². The zero-order valence-corrected chi connectivity index (χ0v) is 17.4. The largest absolute Gasteiger partial charge is 0.326 e. The van der Waals surface area contributed by atoms with Gasteiger partial charge in [0.05, 0.1) is 5.69 Å². The molecule has 2 aromatic rings. The van der Waals surface area contributed by atoms with Crippen LogP contribution in [0.25, 0.3) is 0 Å². The summed E-state index contributed by atoms with van der Waals surface area (Å²) < 4.78 is 0. The fourth-order valence-electron chi connectivity index (χ4n) is 3.23. The Morgan fingerprint density at radius 2 is 1.75 bits per heavy atom. The lowest BCUT2D eigenvalue weighted by molar-refractivity contribution is -0.122. The molecule has 1 aliphatic rings. The number of nitrogens with one attached hydrogen (secondary N) is 2. The molecule has 0 unspecified atom stereocenters. The predicted octanol–water partition coefficient (Wildman–Crippen LogP) is 4.42. The average Bonchev–Trinajstić information content (AvgIpc) is 2.99. The molecule has 1 aliphatic heterocycles. The summed E-state index contributed by atoms with van der Waals surface area (Å²) in [5.41, 5.74) is 5.93. The normalized spacial score (nSPS) is 17.6. The molecular formula is C22H25N3O2S. The molecule has 0 radical (unpaired) electrons. The van der Waals surface area contributed by atoms with Gasteiger partial charge < -0.3 is 10.6 Å². The Kier molecular flexibility index (Phi) is 6.19. The second-order valence-electron chi connectivity index (χ2n) is 6.97. The van der Waals surface area contributed by atoms with Crippen LogP contribution in [0.1, 0.15) is 35.6 Å². The molecule has 1 saturated heterocycles. The fraction of sp³-hybridized carbons (Fsp3) is 0.318. The quantitative estimate of drug-likeness (QED) is 0.787. The van der Waals surface area contributed by atoms with Gasteiger partial charge in [-0.25, -0.2) is 4.99 Å².